The molecule has 0 fully saturated rings. The highest BCUT2D eigenvalue weighted by atomic mass is 19.4. The van der Waals surface area contributed by atoms with Gasteiger partial charge in [-0.25, -0.2) is 0 Å². The summed E-state index contributed by atoms with van der Waals surface area (Å²) in [4.78, 5) is 25.2. The fourth-order valence-electron chi connectivity index (χ4n) is 5.51. The van der Waals surface area contributed by atoms with Crippen LogP contribution in [0.2, 0.25) is 0 Å². The lowest BCUT2D eigenvalue weighted by atomic mass is 9.74. The van der Waals surface area contributed by atoms with Crippen molar-refractivity contribution in [1.82, 2.24) is 0 Å². The quantitative estimate of drug-likeness (QED) is 0.144. The Bertz CT molecular complexity index is 1840. The third-order valence-electron chi connectivity index (χ3n) is 8.38. The van der Waals surface area contributed by atoms with Crippen molar-refractivity contribution in [1.29, 1.82) is 0 Å². The maximum Gasteiger partial charge on any atom is 0.402 e. The summed E-state index contributed by atoms with van der Waals surface area (Å²) in [5.41, 5.74) is 2.65. The number of nitrogens with one attached hydrogen (secondary N) is 2. The number of aryl methyl sites for hydroxylation is 1. The van der Waals surface area contributed by atoms with Crippen LogP contribution in [-0.2, 0) is 18.3 Å². The van der Waals surface area contributed by atoms with Gasteiger partial charge in [0.15, 0.2) is 11.6 Å². The lowest BCUT2D eigenvalue weighted by Crippen LogP contribution is -2.40. The largest absolute Gasteiger partial charge is 0.402 e. The molecular formula is C39H35F3N2O2. The predicted molar refractivity (Wildman–Crippen MR) is 179 cm³/mol. The second-order valence-electron chi connectivity index (χ2n) is 11.4. The van der Waals surface area contributed by atoms with Crippen molar-refractivity contribution in [3.8, 4) is 0 Å². The minimum absolute atomic E-state index is 0.0270. The van der Waals surface area contributed by atoms with Gasteiger partial charge in [-0.05, 0) is 78.9 Å². The van der Waals surface area contributed by atoms with Crippen LogP contribution >= 0.6 is 0 Å². The molecule has 5 aromatic carbocycles. The number of rotatable bonds is 11. The molecule has 2 N–H and O–H groups in total. The Labute approximate surface area is 267 Å². The van der Waals surface area contributed by atoms with Crippen LogP contribution in [0.1, 0.15) is 63.7 Å². The fourth-order valence-corrected chi connectivity index (χ4v) is 5.51. The van der Waals surface area contributed by atoms with Gasteiger partial charge in [0.1, 0.15) is 5.41 Å². The zero-order valence-corrected chi connectivity index (χ0v) is 25.9. The smallest absolute Gasteiger partial charge is 0.355 e. The van der Waals surface area contributed by atoms with Crippen LogP contribution in [0.4, 0.5) is 35.9 Å². The first-order chi connectivity index (χ1) is 22.0. The molecule has 0 aliphatic heterocycles. The van der Waals surface area contributed by atoms with E-state index in [1.54, 1.807) is 42.5 Å². The SMILES string of the molecule is CCc1cc(C(C)(c2ccc(Nc3ccccc3)c(CC(=O)c3ccc(C(C)=O)cc3)c2)C(F)(F)F)ccc1Nc1ccccc1. The molecule has 5 aromatic rings. The molecule has 0 aliphatic carbocycles. The highest BCUT2D eigenvalue weighted by Gasteiger charge is 2.53. The Morgan fingerprint density at radius 1 is 0.630 bits per heavy atom. The highest BCUT2D eigenvalue weighted by Crippen LogP contribution is 2.48. The lowest BCUT2D eigenvalue weighted by molar-refractivity contribution is -0.173. The fraction of sp³-hybridized carbons (Fsp3) is 0.179. The second-order valence-corrected chi connectivity index (χ2v) is 11.4. The Hall–Kier alpha value is -5.17. The minimum Gasteiger partial charge on any atom is -0.355 e. The molecule has 4 nitrogen and oxygen atoms in total. The third kappa shape index (κ3) is 6.89. The van der Waals surface area contributed by atoms with Crippen molar-refractivity contribution < 1.29 is 22.8 Å². The third-order valence-corrected chi connectivity index (χ3v) is 8.38. The van der Waals surface area contributed by atoms with Crippen LogP contribution < -0.4 is 10.6 Å². The van der Waals surface area contributed by atoms with E-state index in [4.69, 9.17) is 0 Å². The maximum atomic E-state index is 15.2. The van der Waals surface area contributed by atoms with E-state index in [1.807, 2.05) is 67.6 Å². The van der Waals surface area contributed by atoms with Crippen LogP contribution in [-0.4, -0.2) is 17.7 Å². The van der Waals surface area contributed by atoms with Crippen LogP contribution in [0.25, 0.3) is 0 Å². The summed E-state index contributed by atoms with van der Waals surface area (Å²) in [6.45, 7) is 4.55. The number of ketones is 2. The van der Waals surface area contributed by atoms with Gasteiger partial charge >= 0.3 is 6.18 Å². The summed E-state index contributed by atoms with van der Waals surface area (Å²) in [6.07, 6.45) is -4.26. The molecule has 1 unspecified atom stereocenters. The van der Waals surface area contributed by atoms with E-state index in [0.29, 0.717) is 28.8 Å². The number of carbonyl (C=O) groups excluding carboxylic acids is 2. The van der Waals surface area contributed by atoms with Crippen LogP contribution in [0.15, 0.2) is 121 Å². The average Bonchev–Trinajstić information content (AvgIpc) is 3.05. The molecular weight excluding hydrogens is 585 g/mol. The molecule has 0 aliphatic rings. The molecule has 234 valence electrons. The van der Waals surface area contributed by atoms with E-state index in [9.17, 15) is 9.59 Å². The van der Waals surface area contributed by atoms with Gasteiger partial charge in [0.2, 0.25) is 0 Å². The summed E-state index contributed by atoms with van der Waals surface area (Å²) in [5.74, 6) is -0.399. The van der Waals surface area contributed by atoms with Crippen molar-refractivity contribution in [2.75, 3.05) is 10.6 Å². The van der Waals surface area contributed by atoms with Gasteiger partial charge in [-0.1, -0.05) is 91.9 Å². The maximum absolute atomic E-state index is 15.2. The Balaban J connectivity index is 1.57. The molecule has 0 bridgehead atoms. The van der Waals surface area contributed by atoms with Gasteiger partial charge in [-0.3, -0.25) is 9.59 Å². The van der Waals surface area contributed by atoms with Crippen molar-refractivity contribution in [3.05, 3.63) is 155 Å². The van der Waals surface area contributed by atoms with Gasteiger partial charge in [0, 0.05) is 40.3 Å². The first-order valence-corrected chi connectivity index (χ1v) is 15.1. The molecule has 5 rings (SSSR count). The molecule has 0 heterocycles. The van der Waals surface area contributed by atoms with Crippen LogP contribution in [0, 0.1) is 0 Å². The number of hydrogen-bond acceptors (Lipinski definition) is 4. The first kappa shape index (κ1) is 32.2. The molecule has 7 heteroatoms. The van der Waals surface area contributed by atoms with E-state index in [0.717, 1.165) is 22.6 Å². The second kappa shape index (κ2) is 13.4. The van der Waals surface area contributed by atoms with Crippen LogP contribution in [0.5, 0.6) is 0 Å². The minimum atomic E-state index is -4.65. The average molecular weight is 621 g/mol. The van der Waals surface area contributed by atoms with Gasteiger partial charge in [0.05, 0.1) is 0 Å². The molecule has 46 heavy (non-hydrogen) atoms. The zero-order valence-electron chi connectivity index (χ0n) is 25.9. The normalized spacial score (nSPS) is 12.7. The van der Waals surface area contributed by atoms with Crippen molar-refractivity contribution >= 4 is 34.3 Å². The monoisotopic (exact) mass is 620 g/mol. The molecule has 0 spiro atoms. The summed E-state index contributed by atoms with van der Waals surface area (Å²) < 4.78 is 45.7. The predicted octanol–water partition coefficient (Wildman–Crippen LogP) is 10.2. The van der Waals surface area contributed by atoms with Crippen molar-refractivity contribution in [2.45, 2.75) is 45.2 Å². The number of Topliss-reactive ketones (excluding diaryl/α,β-unsaturated/α-hetero) is 2. The van der Waals surface area contributed by atoms with E-state index < -0.39 is 11.6 Å². The molecule has 0 amide bonds. The number of para-hydroxylation sites is 2. The first-order valence-electron chi connectivity index (χ1n) is 15.1. The number of alkyl halides is 3. The van der Waals surface area contributed by atoms with E-state index in [-0.39, 0.29) is 29.1 Å². The van der Waals surface area contributed by atoms with Gasteiger partial charge < -0.3 is 10.6 Å². The molecule has 0 saturated heterocycles. The highest BCUT2D eigenvalue weighted by molar-refractivity contribution is 6.00. The summed E-state index contributed by atoms with van der Waals surface area (Å²) in [6, 6.07) is 34.5. The molecule has 0 radical (unpaired) electrons. The number of anilines is 4. The molecule has 0 aromatic heterocycles. The zero-order chi connectivity index (χ0) is 32.9. The Morgan fingerprint density at radius 3 is 1.54 bits per heavy atom. The standard InChI is InChI=1S/C39H35F3N2O2/c1-4-27-23-31(19-21-35(27)43-33-11-7-5-8-12-33)38(3,39(40,41)42)32-20-22-36(44-34-13-9-6-10-14-34)30(24-32)25-37(46)29-17-15-28(16-18-29)26(2)45/h5-24,43-44H,4,25H2,1-3H3. The topological polar surface area (TPSA) is 58.2 Å². The van der Waals surface area contributed by atoms with Crippen molar-refractivity contribution in [2.24, 2.45) is 0 Å². The van der Waals surface area contributed by atoms with Gasteiger partial charge in [-0.2, -0.15) is 13.2 Å². The molecule has 0 saturated carbocycles. The summed E-state index contributed by atoms with van der Waals surface area (Å²) in [7, 11) is 0. The van der Waals surface area contributed by atoms with Crippen molar-refractivity contribution in [3.63, 3.8) is 0 Å². The van der Waals surface area contributed by atoms with Crippen LogP contribution in [0.3, 0.4) is 0 Å². The van der Waals surface area contributed by atoms with Gasteiger partial charge in [-0.15, -0.1) is 0 Å². The number of halogens is 3. The van der Waals surface area contributed by atoms with Gasteiger partial charge in [0.25, 0.3) is 0 Å². The number of carbonyl (C=O) groups is 2. The van der Waals surface area contributed by atoms with E-state index >= 15 is 13.2 Å². The lowest BCUT2D eigenvalue weighted by Gasteiger charge is -2.34. The number of benzene rings is 5. The Morgan fingerprint density at radius 2 is 1.09 bits per heavy atom. The number of hydrogen-bond donors (Lipinski definition) is 2. The molecule has 1 atom stereocenters. The summed E-state index contributed by atoms with van der Waals surface area (Å²) in [5, 5.41) is 6.59. The summed E-state index contributed by atoms with van der Waals surface area (Å²) >= 11 is 0. The Kier molecular flexibility index (Phi) is 9.42. The van der Waals surface area contributed by atoms with E-state index in [1.165, 1.54) is 32.0 Å². The van der Waals surface area contributed by atoms with E-state index in [2.05, 4.69) is 10.6 Å².